The predicted octanol–water partition coefficient (Wildman–Crippen LogP) is 0.473. The highest BCUT2D eigenvalue weighted by Crippen LogP contribution is 2.02. The molecule has 0 saturated carbocycles. The standard InChI is InChI=1S/C9H14N2/c1-8(2)11-6-9-4-3-5-10(9)7-11/h3-4,6,8H,5,7H2,1-2H3/q+2. The number of allylic oxidation sites excluding steroid dienone is 1. The Kier molecular flexibility index (Phi) is 1.41. The summed E-state index contributed by atoms with van der Waals surface area (Å²) in [6.45, 7) is 6.61. The van der Waals surface area contributed by atoms with Crippen LogP contribution in [0.2, 0.25) is 0 Å². The quantitative estimate of drug-likeness (QED) is 0.479. The molecule has 0 aromatic carbocycles. The van der Waals surface area contributed by atoms with Crippen molar-refractivity contribution in [1.82, 2.24) is 0 Å². The van der Waals surface area contributed by atoms with E-state index in [0.29, 0.717) is 6.04 Å². The van der Waals surface area contributed by atoms with E-state index in [1.165, 1.54) is 5.71 Å². The predicted molar refractivity (Wildman–Crippen MR) is 45.6 cm³/mol. The number of hydrogen-bond donors (Lipinski definition) is 0. The minimum absolute atomic E-state index is 0.626. The van der Waals surface area contributed by atoms with E-state index in [-0.39, 0.29) is 0 Å². The molecular formula is C9H14N2+2. The number of nitrogens with zero attached hydrogens (tertiary/aromatic N) is 2. The summed E-state index contributed by atoms with van der Waals surface area (Å²) in [6.07, 6.45) is 6.65. The molecule has 2 nitrogen and oxygen atoms in total. The molecule has 0 aromatic heterocycles. The molecule has 2 heteroatoms. The lowest BCUT2D eigenvalue weighted by Gasteiger charge is -1.98. The van der Waals surface area contributed by atoms with E-state index < -0.39 is 0 Å². The SMILES string of the molecule is CC(C)[N+]1=CC2=[N+](CC=C2)C1. The van der Waals surface area contributed by atoms with Crippen molar-refractivity contribution in [2.45, 2.75) is 19.9 Å². The summed E-state index contributed by atoms with van der Waals surface area (Å²) in [5, 5.41) is 0. The molecule has 58 valence electrons. The van der Waals surface area contributed by atoms with Gasteiger partial charge in [0.2, 0.25) is 6.21 Å². The smallest absolute Gasteiger partial charge is 0.170 e. The zero-order valence-electron chi connectivity index (χ0n) is 7.12. The highest BCUT2D eigenvalue weighted by Gasteiger charge is 2.30. The average molecular weight is 150 g/mol. The molecule has 2 aliphatic heterocycles. The fraction of sp³-hybridized carbons (Fsp3) is 0.556. The molecule has 11 heavy (non-hydrogen) atoms. The van der Waals surface area contributed by atoms with Gasteiger partial charge in [-0.3, -0.25) is 0 Å². The number of rotatable bonds is 1. The third-order valence-electron chi connectivity index (χ3n) is 2.27. The molecule has 0 saturated heterocycles. The summed E-state index contributed by atoms with van der Waals surface area (Å²) in [5.41, 5.74) is 1.37. The lowest BCUT2D eigenvalue weighted by molar-refractivity contribution is -0.721. The third kappa shape index (κ3) is 1.02. The van der Waals surface area contributed by atoms with Crippen molar-refractivity contribution in [1.29, 1.82) is 0 Å². The van der Waals surface area contributed by atoms with Crippen molar-refractivity contribution in [2.75, 3.05) is 13.2 Å². The normalized spacial score (nSPS) is 21.5. The van der Waals surface area contributed by atoms with E-state index in [1.54, 1.807) is 0 Å². The fourth-order valence-corrected chi connectivity index (χ4v) is 1.50. The third-order valence-corrected chi connectivity index (χ3v) is 2.27. The van der Waals surface area contributed by atoms with Gasteiger partial charge in [0.05, 0.1) is 0 Å². The van der Waals surface area contributed by atoms with E-state index in [9.17, 15) is 0 Å². The van der Waals surface area contributed by atoms with Crippen LogP contribution in [0.5, 0.6) is 0 Å². The topological polar surface area (TPSA) is 6.02 Å². The second kappa shape index (κ2) is 2.29. The summed E-state index contributed by atoms with van der Waals surface area (Å²) in [6, 6.07) is 0.626. The lowest BCUT2D eigenvalue weighted by Crippen LogP contribution is -2.24. The van der Waals surface area contributed by atoms with E-state index in [2.05, 4.69) is 41.4 Å². The maximum absolute atomic E-state index is 2.38. The number of hydrogen-bond acceptors (Lipinski definition) is 0. The Balaban J connectivity index is 2.20. The molecule has 0 amide bonds. The van der Waals surface area contributed by atoms with E-state index in [4.69, 9.17) is 0 Å². The lowest BCUT2D eigenvalue weighted by atomic mass is 10.3. The molecule has 0 spiro atoms. The molecule has 2 heterocycles. The van der Waals surface area contributed by atoms with Gasteiger partial charge in [-0.15, -0.1) is 0 Å². The molecule has 0 N–H and O–H groups in total. The molecule has 2 aliphatic rings. The Morgan fingerprint density at radius 1 is 1.45 bits per heavy atom. The average Bonchev–Trinajstić information content (AvgIpc) is 2.40. The van der Waals surface area contributed by atoms with Crippen LogP contribution in [0, 0.1) is 0 Å². The maximum Gasteiger partial charge on any atom is 0.335 e. The molecule has 0 aliphatic carbocycles. The summed E-state index contributed by atoms with van der Waals surface area (Å²) in [5.74, 6) is 0. The van der Waals surface area contributed by atoms with Gasteiger partial charge in [-0.1, -0.05) is 0 Å². The second-order valence-electron chi connectivity index (χ2n) is 3.43. The van der Waals surface area contributed by atoms with Gasteiger partial charge in [-0.05, 0) is 19.9 Å². The van der Waals surface area contributed by atoms with Crippen molar-refractivity contribution in [3.8, 4) is 0 Å². The molecule has 0 bridgehead atoms. The molecule has 2 rings (SSSR count). The molecule has 0 radical (unpaired) electrons. The van der Waals surface area contributed by atoms with Gasteiger partial charge in [0.25, 0.3) is 5.71 Å². The first-order chi connectivity index (χ1) is 5.27. The van der Waals surface area contributed by atoms with Crippen LogP contribution in [-0.4, -0.2) is 40.3 Å². The van der Waals surface area contributed by atoms with Crippen LogP contribution in [0.1, 0.15) is 13.8 Å². The summed E-state index contributed by atoms with van der Waals surface area (Å²) in [7, 11) is 0. The minimum Gasteiger partial charge on any atom is -0.170 e. The molecule has 0 unspecified atom stereocenters. The summed E-state index contributed by atoms with van der Waals surface area (Å²) in [4.78, 5) is 0. The van der Waals surface area contributed by atoms with Gasteiger partial charge in [0.15, 0.2) is 12.6 Å². The zero-order chi connectivity index (χ0) is 7.84. The van der Waals surface area contributed by atoms with Crippen LogP contribution in [0.15, 0.2) is 12.2 Å². The Bertz CT molecular complexity index is 269. The zero-order valence-corrected chi connectivity index (χ0v) is 7.12. The summed E-state index contributed by atoms with van der Waals surface area (Å²) >= 11 is 0. The minimum atomic E-state index is 0.626. The van der Waals surface area contributed by atoms with Gasteiger partial charge in [-0.2, -0.15) is 9.15 Å². The van der Waals surface area contributed by atoms with Crippen LogP contribution in [0.3, 0.4) is 0 Å². The Morgan fingerprint density at radius 2 is 2.27 bits per heavy atom. The van der Waals surface area contributed by atoms with Gasteiger partial charge in [0, 0.05) is 6.08 Å². The highest BCUT2D eigenvalue weighted by molar-refractivity contribution is 6.32. The van der Waals surface area contributed by atoms with E-state index in [0.717, 1.165) is 13.2 Å². The van der Waals surface area contributed by atoms with Gasteiger partial charge in [-0.25, -0.2) is 0 Å². The van der Waals surface area contributed by atoms with Crippen molar-refractivity contribution < 1.29 is 9.15 Å². The first kappa shape index (κ1) is 6.77. The van der Waals surface area contributed by atoms with Crippen molar-refractivity contribution in [3.05, 3.63) is 12.2 Å². The van der Waals surface area contributed by atoms with Crippen LogP contribution >= 0.6 is 0 Å². The van der Waals surface area contributed by atoms with Gasteiger partial charge < -0.3 is 0 Å². The van der Waals surface area contributed by atoms with Gasteiger partial charge in [0.1, 0.15) is 0 Å². The molecule has 0 fully saturated rings. The first-order valence-electron chi connectivity index (χ1n) is 4.16. The monoisotopic (exact) mass is 150 g/mol. The first-order valence-corrected chi connectivity index (χ1v) is 4.16. The Morgan fingerprint density at radius 3 is 2.91 bits per heavy atom. The largest absolute Gasteiger partial charge is 0.335 e. The maximum atomic E-state index is 2.38. The van der Waals surface area contributed by atoms with Crippen LogP contribution in [-0.2, 0) is 0 Å². The molecular weight excluding hydrogens is 136 g/mol. The highest BCUT2D eigenvalue weighted by atomic mass is 15.2. The van der Waals surface area contributed by atoms with Crippen molar-refractivity contribution >= 4 is 11.9 Å². The van der Waals surface area contributed by atoms with Crippen LogP contribution in [0.25, 0.3) is 0 Å². The van der Waals surface area contributed by atoms with Gasteiger partial charge >= 0.3 is 6.67 Å². The molecule has 0 aromatic rings. The Hall–Kier alpha value is -0.920. The molecule has 0 atom stereocenters. The van der Waals surface area contributed by atoms with E-state index in [1.807, 2.05) is 0 Å². The summed E-state index contributed by atoms with van der Waals surface area (Å²) < 4.78 is 4.73. The fourth-order valence-electron chi connectivity index (χ4n) is 1.50. The van der Waals surface area contributed by atoms with Crippen molar-refractivity contribution in [3.63, 3.8) is 0 Å². The van der Waals surface area contributed by atoms with Crippen molar-refractivity contribution in [2.24, 2.45) is 0 Å². The van der Waals surface area contributed by atoms with Crippen LogP contribution < -0.4 is 0 Å². The second-order valence-corrected chi connectivity index (χ2v) is 3.43. The van der Waals surface area contributed by atoms with Crippen LogP contribution in [0.4, 0.5) is 0 Å². The van der Waals surface area contributed by atoms with E-state index >= 15 is 0 Å². The Labute approximate surface area is 67.2 Å².